The lowest BCUT2D eigenvalue weighted by molar-refractivity contribution is 0.669. The summed E-state index contributed by atoms with van der Waals surface area (Å²) in [6.07, 6.45) is 0. The van der Waals surface area contributed by atoms with Crippen molar-refractivity contribution in [2.45, 2.75) is 0 Å². The summed E-state index contributed by atoms with van der Waals surface area (Å²) >= 11 is 1.85. The van der Waals surface area contributed by atoms with Crippen LogP contribution in [0.2, 0.25) is 0 Å². The molecule has 0 atom stereocenters. The minimum absolute atomic E-state index is 0.557. The van der Waals surface area contributed by atoms with Gasteiger partial charge in [-0.15, -0.1) is 11.3 Å². The van der Waals surface area contributed by atoms with Crippen LogP contribution in [0.5, 0.6) is 0 Å². The summed E-state index contributed by atoms with van der Waals surface area (Å²) in [6, 6.07) is 65.0. The second-order valence-electron chi connectivity index (χ2n) is 15.9. The molecule has 0 saturated heterocycles. The maximum Gasteiger partial charge on any atom is 0.238 e. The highest BCUT2D eigenvalue weighted by molar-refractivity contribution is 7.25. The summed E-state index contributed by atoms with van der Waals surface area (Å²) in [5.41, 5.74) is 12.8. The van der Waals surface area contributed by atoms with Gasteiger partial charge in [0.05, 0.1) is 11.0 Å². The number of rotatable bonds is 4. The van der Waals surface area contributed by atoms with Crippen LogP contribution in [0.1, 0.15) is 0 Å². The van der Waals surface area contributed by atoms with E-state index in [1.165, 1.54) is 64.1 Å². The number of thiophene rings is 1. The molecule has 9 aromatic carbocycles. The fraction of sp³-hybridized carbons (Fsp3) is 0. The van der Waals surface area contributed by atoms with Crippen LogP contribution in [0.25, 0.3) is 137 Å². The quantitative estimate of drug-likeness (QED) is 0.178. The molecular formula is C55H30N4OS. The lowest BCUT2D eigenvalue weighted by Gasteiger charge is -2.12. The van der Waals surface area contributed by atoms with Gasteiger partial charge in [0.1, 0.15) is 11.2 Å². The monoisotopic (exact) mass is 794 g/mol. The first-order valence-electron chi connectivity index (χ1n) is 20.5. The van der Waals surface area contributed by atoms with Crippen LogP contribution < -0.4 is 0 Å². The summed E-state index contributed by atoms with van der Waals surface area (Å²) < 4.78 is 11.2. The third-order valence-corrected chi connectivity index (χ3v) is 13.7. The smallest absolute Gasteiger partial charge is 0.238 e. The number of benzene rings is 9. The van der Waals surface area contributed by atoms with Crippen LogP contribution in [0.15, 0.2) is 186 Å². The number of aromatic nitrogens is 4. The van der Waals surface area contributed by atoms with E-state index in [1.807, 2.05) is 47.7 Å². The molecule has 5 nitrogen and oxygen atoms in total. The summed E-state index contributed by atoms with van der Waals surface area (Å²) in [7, 11) is 0. The number of hydrogen-bond donors (Lipinski definition) is 0. The standard InChI is InChI=1S/C55H30N4OS/c1-2-11-31(12-3-1)53-56-54(34-21-24-38-37-15-6-8-19-47(37)60-48(38)29-34)58-55(57-53)59-45-25-22-32(33-23-26-50-42(27-33)39-16-7-9-20-49(39)61-50)28-44(45)52-41-18-10-17-40-35-13-4-5-14-36(35)43(51(40)41)30-46(52)59/h1-30H. The van der Waals surface area contributed by atoms with Crippen molar-refractivity contribution >= 4 is 86.0 Å². The van der Waals surface area contributed by atoms with Gasteiger partial charge in [-0.1, -0.05) is 127 Å². The van der Waals surface area contributed by atoms with Gasteiger partial charge in [-0.2, -0.15) is 9.97 Å². The molecule has 4 aromatic heterocycles. The van der Waals surface area contributed by atoms with E-state index in [1.54, 1.807) is 0 Å². The SMILES string of the molecule is c1ccc(-c2nc(-c3ccc4c(c3)oc3ccccc34)nc(-n3c4ccc(-c5ccc6sc7ccccc7c6c5)cc4c4c5cccc6c5c(cc43)-c3ccccc3-6)n2)cc1. The summed E-state index contributed by atoms with van der Waals surface area (Å²) in [5, 5.41) is 9.56. The maximum absolute atomic E-state index is 6.36. The molecule has 0 unspecified atom stereocenters. The predicted molar refractivity (Wildman–Crippen MR) is 253 cm³/mol. The minimum Gasteiger partial charge on any atom is -0.456 e. The van der Waals surface area contributed by atoms with Crippen molar-refractivity contribution in [1.29, 1.82) is 0 Å². The van der Waals surface area contributed by atoms with Gasteiger partial charge >= 0.3 is 0 Å². The van der Waals surface area contributed by atoms with E-state index < -0.39 is 0 Å². The largest absolute Gasteiger partial charge is 0.456 e. The molecule has 282 valence electrons. The molecule has 61 heavy (non-hydrogen) atoms. The Kier molecular flexibility index (Phi) is 6.65. The average molecular weight is 795 g/mol. The molecule has 0 bridgehead atoms. The van der Waals surface area contributed by atoms with Crippen LogP contribution >= 0.6 is 11.3 Å². The van der Waals surface area contributed by atoms with Crippen LogP contribution in [0.4, 0.5) is 0 Å². The predicted octanol–water partition coefficient (Wildman–Crippen LogP) is 15.0. The third kappa shape index (κ3) is 4.73. The van der Waals surface area contributed by atoms with E-state index in [-0.39, 0.29) is 0 Å². The fourth-order valence-corrected chi connectivity index (χ4v) is 10.9. The molecule has 0 N–H and O–H groups in total. The molecule has 1 aliphatic rings. The number of hydrogen-bond acceptors (Lipinski definition) is 5. The highest BCUT2D eigenvalue weighted by Crippen LogP contribution is 2.51. The van der Waals surface area contributed by atoms with E-state index in [4.69, 9.17) is 19.4 Å². The molecule has 0 radical (unpaired) electrons. The van der Waals surface area contributed by atoms with Crippen molar-refractivity contribution < 1.29 is 4.42 Å². The summed E-state index contributed by atoms with van der Waals surface area (Å²) in [5.74, 6) is 1.74. The molecule has 4 heterocycles. The Balaban J connectivity index is 1.06. The second-order valence-corrected chi connectivity index (χ2v) is 17.0. The van der Waals surface area contributed by atoms with Gasteiger partial charge in [-0.3, -0.25) is 4.57 Å². The van der Waals surface area contributed by atoms with Crippen LogP contribution in [0, 0.1) is 0 Å². The van der Waals surface area contributed by atoms with Crippen LogP contribution in [0.3, 0.4) is 0 Å². The van der Waals surface area contributed by atoms with Crippen LogP contribution in [-0.2, 0) is 0 Å². The summed E-state index contributed by atoms with van der Waals surface area (Å²) in [4.78, 5) is 15.8. The molecule has 6 heteroatoms. The Morgan fingerprint density at radius 2 is 1.02 bits per heavy atom. The number of nitrogens with zero attached hydrogens (tertiary/aromatic N) is 4. The highest BCUT2D eigenvalue weighted by Gasteiger charge is 2.27. The molecule has 0 fully saturated rings. The van der Waals surface area contributed by atoms with E-state index in [9.17, 15) is 0 Å². The van der Waals surface area contributed by atoms with E-state index >= 15 is 0 Å². The topological polar surface area (TPSA) is 56.7 Å². The van der Waals surface area contributed by atoms with Crippen molar-refractivity contribution in [3.8, 4) is 62.1 Å². The Hall–Kier alpha value is -7.93. The van der Waals surface area contributed by atoms with Gasteiger partial charge in [-0.05, 0) is 98.8 Å². The molecule has 0 amide bonds. The second kappa shape index (κ2) is 12.3. The molecule has 0 spiro atoms. The van der Waals surface area contributed by atoms with Gasteiger partial charge < -0.3 is 4.42 Å². The number of para-hydroxylation sites is 1. The maximum atomic E-state index is 6.36. The third-order valence-electron chi connectivity index (χ3n) is 12.6. The van der Waals surface area contributed by atoms with Gasteiger partial charge in [-0.25, -0.2) is 4.98 Å². The van der Waals surface area contributed by atoms with Gasteiger partial charge in [0.25, 0.3) is 0 Å². The van der Waals surface area contributed by atoms with Crippen molar-refractivity contribution in [2.75, 3.05) is 0 Å². The minimum atomic E-state index is 0.557. The van der Waals surface area contributed by atoms with Crippen LogP contribution in [-0.4, -0.2) is 19.5 Å². The van der Waals surface area contributed by atoms with E-state index in [2.05, 4.69) is 150 Å². The van der Waals surface area contributed by atoms with Crippen molar-refractivity contribution in [3.05, 3.63) is 182 Å². The van der Waals surface area contributed by atoms with Gasteiger partial charge in [0.2, 0.25) is 5.95 Å². The summed E-state index contributed by atoms with van der Waals surface area (Å²) in [6.45, 7) is 0. The lowest BCUT2D eigenvalue weighted by atomic mass is 9.96. The zero-order valence-electron chi connectivity index (χ0n) is 32.4. The fourth-order valence-electron chi connectivity index (χ4n) is 9.86. The van der Waals surface area contributed by atoms with Gasteiger partial charge in [0.15, 0.2) is 11.6 Å². The van der Waals surface area contributed by atoms with E-state index in [0.29, 0.717) is 17.6 Å². The number of furan rings is 1. The molecule has 0 aliphatic heterocycles. The Bertz CT molecular complexity index is 4010. The Morgan fingerprint density at radius 3 is 1.90 bits per heavy atom. The normalized spacial score (nSPS) is 12.3. The van der Waals surface area contributed by atoms with Crippen molar-refractivity contribution in [2.24, 2.45) is 0 Å². The zero-order valence-corrected chi connectivity index (χ0v) is 33.2. The molecule has 0 saturated carbocycles. The lowest BCUT2D eigenvalue weighted by Crippen LogP contribution is -2.06. The molecular weight excluding hydrogens is 765 g/mol. The highest BCUT2D eigenvalue weighted by atomic mass is 32.1. The van der Waals surface area contributed by atoms with Gasteiger partial charge in [0, 0.05) is 52.8 Å². The molecule has 14 rings (SSSR count). The molecule has 1 aliphatic carbocycles. The van der Waals surface area contributed by atoms with Crippen molar-refractivity contribution in [1.82, 2.24) is 19.5 Å². The molecule has 13 aromatic rings. The Labute approximate surface area is 352 Å². The Morgan fingerprint density at radius 1 is 0.361 bits per heavy atom. The average Bonchev–Trinajstić information content (AvgIpc) is 4.07. The first kappa shape index (κ1) is 33.0. The van der Waals surface area contributed by atoms with E-state index in [0.717, 1.165) is 55.0 Å². The number of fused-ring (bicyclic) bond motifs is 13. The van der Waals surface area contributed by atoms with Crippen molar-refractivity contribution in [3.63, 3.8) is 0 Å². The zero-order chi connectivity index (χ0) is 39.8. The first-order chi connectivity index (χ1) is 30.2. The first-order valence-corrected chi connectivity index (χ1v) is 21.3.